The monoisotopic (exact) mass is 384 g/mol. The topological polar surface area (TPSA) is 93.5 Å². The van der Waals surface area contributed by atoms with E-state index in [1.54, 1.807) is 12.1 Å². The normalized spacial score (nSPS) is 15.8. The number of nitrogens with one attached hydrogen (secondary N) is 1. The van der Waals surface area contributed by atoms with Crippen LogP contribution in [0.15, 0.2) is 59.5 Å². The molecule has 0 spiro atoms. The molecule has 1 heterocycles. The number of hydrogen-bond donors (Lipinski definition) is 1. The zero-order valence-corrected chi connectivity index (χ0v) is 15.5. The summed E-state index contributed by atoms with van der Waals surface area (Å²) in [7, 11) is -3.72. The number of nitriles is 1. The molecular formula is C19H20N4O3S. The number of carbonyl (C=O) groups excluding carboxylic acids is 1. The number of rotatable bonds is 5. The molecule has 7 nitrogen and oxygen atoms in total. The minimum Gasteiger partial charge on any atom is -0.325 e. The van der Waals surface area contributed by atoms with Crippen molar-refractivity contribution in [2.24, 2.45) is 0 Å². The molecule has 0 aliphatic carbocycles. The molecule has 2 aromatic carbocycles. The molecule has 1 N–H and O–H groups in total. The molecular weight excluding hydrogens is 364 g/mol. The van der Waals surface area contributed by atoms with E-state index < -0.39 is 10.0 Å². The molecule has 1 aliphatic rings. The van der Waals surface area contributed by atoms with E-state index in [0.29, 0.717) is 13.1 Å². The molecule has 0 unspecified atom stereocenters. The maximum Gasteiger partial charge on any atom is 0.244 e. The number of piperazine rings is 1. The minimum atomic E-state index is -3.72. The summed E-state index contributed by atoms with van der Waals surface area (Å²) < 4.78 is 27.0. The molecule has 0 atom stereocenters. The molecule has 1 saturated heterocycles. The van der Waals surface area contributed by atoms with E-state index in [1.807, 2.05) is 41.3 Å². The molecule has 1 amide bonds. The van der Waals surface area contributed by atoms with Crippen molar-refractivity contribution in [1.82, 2.24) is 9.21 Å². The van der Waals surface area contributed by atoms with Gasteiger partial charge in [0.1, 0.15) is 6.07 Å². The highest BCUT2D eigenvalue weighted by Crippen LogP contribution is 2.21. The Morgan fingerprint density at radius 2 is 1.63 bits per heavy atom. The van der Waals surface area contributed by atoms with Gasteiger partial charge in [-0.05, 0) is 24.3 Å². The number of anilines is 1. The van der Waals surface area contributed by atoms with Gasteiger partial charge in [-0.2, -0.15) is 9.57 Å². The molecule has 1 aliphatic heterocycles. The van der Waals surface area contributed by atoms with E-state index in [-0.39, 0.29) is 36.0 Å². The summed E-state index contributed by atoms with van der Waals surface area (Å²) in [6, 6.07) is 17.3. The van der Waals surface area contributed by atoms with Crippen LogP contribution in [0.5, 0.6) is 0 Å². The molecule has 8 heteroatoms. The quantitative estimate of drug-likeness (QED) is 0.843. The molecule has 0 radical (unpaired) electrons. The fourth-order valence-electron chi connectivity index (χ4n) is 2.98. The number of amides is 1. The van der Waals surface area contributed by atoms with Crippen LogP contribution in [-0.4, -0.2) is 56.3 Å². The van der Waals surface area contributed by atoms with Crippen molar-refractivity contribution >= 4 is 21.6 Å². The Hall–Kier alpha value is -2.73. The average molecular weight is 384 g/mol. The molecule has 2 aromatic rings. The summed E-state index contributed by atoms with van der Waals surface area (Å²) in [5.41, 5.74) is 0.874. The molecule has 0 saturated carbocycles. The van der Waals surface area contributed by atoms with Crippen LogP contribution in [0.4, 0.5) is 5.69 Å². The van der Waals surface area contributed by atoms with Gasteiger partial charge in [0.05, 0.1) is 17.0 Å². The predicted octanol–water partition coefficient (Wildman–Crippen LogP) is 1.50. The molecule has 0 bridgehead atoms. The first-order valence-corrected chi connectivity index (χ1v) is 10.0. The zero-order valence-electron chi connectivity index (χ0n) is 14.7. The van der Waals surface area contributed by atoms with Gasteiger partial charge in [-0.3, -0.25) is 9.69 Å². The lowest BCUT2D eigenvalue weighted by atomic mass is 10.2. The van der Waals surface area contributed by atoms with Crippen molar-refractivity contribution in [3.63, 3.8) is 0 Å². The van der Waals surface area contributed by atoms with E-state index in [1.165, 1.54) is 16.4 Å². The lowest BCUT2D eigenvalue weighted by Gasteiger charge is -2.33. The van der Waals surface area contributed by atoms with Gasteiger partial charge in [-0.25, -0.2) is 8.42 Å². The second kappa shape index (κ2) is 8.31. The Bertz CT molecular complexity index is 946. The van der Waals surface area contributed by atoms with E-state index in [9.17, 15) is 13.2 Å². The van der Waals surface area contributed by atoms with Crippen molar-refractivity contribution in [3.05, 3.63) is 60.2 Å². The maximum atomic E-state index is 12.8. The second-order valence-corrected chi connectivity index (χ2v) is 8.11. The van der Waals surface area contributed by atoms with Crippen LogP contribution < -0.4 is 5.32 Å². The van der Waals surface area contributed by atoms with Crippen molar-refractivity contribution in [2.75, 3.05) is 38.0 Å². The largest absolute Gasteiger partial charge is 0.325 e. The summed E-state index contributed by atoms with van der Waals surface area (Å²) >= 11 is 0. The third-order valence-electron chi connectivity index (χ3n) is 4.38. The van der Waals surface area contributed by atoms with E-state index in [2.05, 4.69) is 5.32 Å². The summed E-state index contributed by atoms with van der Waals surface area (Å²) in [6.45, 7) is 1.67. The summed E-state index contributed by atoms with van der Waals surface area (Å²) in [4.78, 5) is 14.1. The standard InChI is InChI=1S/C19H20N4O3S/c20-14-16-6-4-5-9-18(16)27(25,26)23-12-10-22(11-13-23)15-19(24)21-17-7-2-1-3-8-17/h1-9H,10-13,15H2,(H,21,24). The number of benzene rings is 2. The number of sulfonamides is 1. The van der Waals surface area contributed by atoms with Crippen LogP contribution in [0.2, 0.25) is 0 Å². The second-order valence-electron chi connectivity index (χ2n) is 6.20. The number of nitrogens with zero attached hydrogens (tertiary/aromatic N) is 3. The highest BCUT2D eigenvalue weighted by molar-refractivity contribution is 7.89. The number of hydrogen-bond acceptors (Lipinski definition) is 5. The van der Waals surface area contributed by atoms with Gasteiger partial charge in [-0.1, -0.05) is 30.3 Å². The van der Waals surface area contributed by atoms with Crippen LogP contribution in [0.25, 0.3) is 0 Å². The molecule has 3 rings (SSSR count). The fourth-order valence-corrected chi connectivity index (χ4v) is 4.54. The van der Waals surface area contributed by atoms with Crippen LogP contribution in [0, 0.1) is 11.3 Å². The first-order chi connectivity index (χ1) is 13.0. The third kappa shape index (κ3) is 4.52. The zero-order chi connectivity index (χ0) is 19.3. The number of para-hydroxylation sites is 1. The maximum absolute atomic E-state index is 12.8. The molecule has 0 aromatic heterocycles. The van der Waals surface area contributed by atoms with Gasteiger partial charge in [0.25, 0.3) is 0 Å². The predicted molar refractivity (Wildman–Crippen MR) is 101 cm³/mol. The van der Waals surface area contributed by atoms with Crippen LogP contribution in [0.1, 0.15) is 5.56 Å². The molecule has 140 valence electrons. The Kier molecular flexibility index (Phi) is 5.86. The van der Waals surface area contributed by atoms with E-state index in [0.717, 1.165) is 5.69 Å². The van der Waals surface area contributed by atoms with Crippen LogP contribution in [0.3, 0.4) is 0 Å². The van der Waals surface area contributed by atoms with Crippen LogP contribution in [-0.2, 0) is 14.8 Å². The Morgan fingerprint density at radius 3 is 2.30 bits per heavy atom. The highest BCUT2D eigenvalue weighted by atomic mass is 32.2. The average Bonchev–Trinajstić information content (AvgIpc) is 2.69. The lowest BCUT2D eigenvalue weighted by Crippen LogP contribution is -2.50. The van der Waals surface area contributed by atoms with Crippen molar-refractivity contribution in [3.8, 4) is 6.07 Å². The fraction of sp³-hybridized carbons (Fsp3) is 0.263. The molecule has 1 fully saturated rings. The van der Waals surface area contributed by atoms with Gasteiger partial charge < -0.3 is 5.32 Å². The highest BCUT2D eigenvalue weighted by Gasteiger charge is 2.30. The summed E-state index contributed by atoms with van der Waals surface area (Å²) in [5.74, 6) is -0.132. The lowest BCUT2D eigenvalue weighted by molar-refractivity contribution is -0.117. The first-order valence-electron chi connectivity index (χ1n) is 8.57. The Labute approximate surface area is 158 Å². The van der Waals surface area contributed by atoms with Gasteiger partial charge in [-0.15, -0.1) is 0 Å². The van der Waals surface area contributed by atoms with E-state index >= 15 is 0 Å². The third-order valence-corrected chi connectivity index (χ3v) is 6.34. The van der Waals surface area contributed by atoms with Gasteiger partial charge in [0.15, 0.2) is 0 Å². The molecule has 27 heavy (non-hydrogen) atoms. The first kappa shape index (κ1) is 19.0. The Balaban J connectivity index is 1.58. The van der Waals surface area contributed by atoms with Gasteiger partial charge in [0, 0.05) is 31.9 Å². The minimum absolute atomic E-state index is 0.0303. The Morgan fingerprint density at radius 1 is 1.00 bits per heavy atom. The summed E-state index contributed by atoms with van der Waals surface area (Å²) in [6.07, 6.45) is 0. The van der Waals surface area contributed by atoms with E-state index in [4.69, 9.17) is 5.26 Å². The van der Waals surface area contributed by atoms with Crippen LogP contribution >= 0.6 is 0 Å². The number of carbonyl (C=O) groups is 1. The van der Waals surface area contributed by atoms with Crippen molar-refractivity contribution in [1.29, 1.82) is 5.26 Å². The van der Waals surface area contributed by atoms with Gasteiger partial charge in [0.2, 0.25) is 15.9 Å². The van der Waals surface area contributed by atoms with Crippen molar-refractivity contribution in [2.45, 2.75) is 4.90 Å². The SMILES string of the molecule is N#Cc1ccccc1S(=O)(=O)N1CCN(CC(=O)Nc2ccccc2)CC1. The van der Waals surface area contributed by atoms with Gasteiger partial charge >= 0.3 is 0 Å². The van der Waals surface area contributed by atoms with Crippen molar-refractivity contribution < 1.29 is 13.2 Å². The summed E-state index contributed by atoms with van der Waals surface area (Å²) in [5, 5.41) is 12.0. The smallest absolute Gasteiger partial charge is 0.244 e.